The van der Waals surface area contributed by atoms with Crippen molar-refractivity contribution >= 4 is 45.9 Å². The highest BCUT2D eigenvalue weighted by molar-refractivity contribution is 7.07. The number of nitriles is 1. The van der Waals surface area contributed by atoms with Crippen molar-refractivity contribution in [2.75, 3.05) is 6.61 Å². The molecule has 0 saturated carbocycles. The number of fused-ring (bicyclic) bond motifs is 2. The van der Waals surface area contributed by atoms with Gasteiger partial charge in [-0.15, -0.1) is 0 Å². The highest BCUT2D eigenvalue weighted by Crippen LogP contribution is 2.34. The second-order valence-electron chi connectivity index (χ2n) is 8.21. The summed E-state index contributed by atoms with van der Waals surface area (Å²) in [5, 5.41) is 10.6. The van der Waals surface area contributed by atoms with Crippen LogP contribution >= 0.6 is 22.9 Å². The first-order valence-electron chi connectivity index (χ1n) is 11.3. The van der Waals surface area contributed by atoms with Gasteiger partial charge in [0.05, 0.1) is 28.5 Å². The minimum absolute atomic E-state index is 0.196. The molecule has 1 aliphatic heterocycles. The lowest BCUT2D eigenvalue weighted by molar-refractivity contribution is -0.139. The standard InChI is InChI=1S/C27H21ClN4O3S/c1-3-35-26(34)23-16(2)30-27-32(24(23)19-9-4-6-10-20(19)28)25(33)22(36-27)14-17-15-31(13-12-29)21-11-7-5-8-18(17)21/h4-11,14-15,24H,3,13H2,1-2H3/b22-14-/t24-/m0/s1. The molecule has 0 unspecified atom stereocenters. The van der Waals surface area contributed by atoms with E-state index in [1.54, 1.807) is 32.0 Å². The minimum Gasteiger partial charge on any atom is -0.463 e. The largest absolute Gasteiger partial charge is 0.463 e. The number of para-hydroxylation sites is 1. The number of carbonyl (C=O) groups is 1. The summed E-state index contributed by atoms with van der Waals surface area (Å²) in [6.45, 7) is 3.87. The zero-order valence-electron chi connectivity index (χ0n) is 19.6. The first-order chi connectivity index (χ1) is 17.4. The number of allylic oxidation sites excluding steroid dienone is 1. The molecule has 0 bridgehead atoms. The van der Waals surface area contributed by atoms with Crippen molar-refractivity contribution in [2.24, 2.45) is 4.99 Å². The van der Waals surface area contributed by atoms with E-state index in [0.717, 1.165) is 16.5 Å². The number of nitrogens with zero attached hydrogens (tertiary/aromatic N) is 4. The van der Waals surface area contributed by atoms with E-state index in [1.807, 2.05) is 47.2 Å². The Hall–Kier alpha value is -3.93. The summed E-state index contributed by atoms with van der Waals surface area (Å²) >= 11 is 7.80. The number of rotatable bonds is 5. The van der Waals surface area contributed by atoms with Crippen LogP contribution in [0.1, 0.15) is 31.0 Å². The predicted molar refractivity (Wildman–Crippen MR) is 139 cm³/mol. The Kier molecular flexibility index (Phi) is 6.35. The number of thiazole rings is 1. The molecule has 3 heterocycles. The molecule has 0 saturated heterocycles. The van der Waals surface area contributed by atoms with Gasteiger partial charge in [-0.1, -0.05) is 59.3 Å². The fourth-order valence-electron chi connectivity index (χ4n) is 4.52. The van der Waals surface area contributed by atoms with Crippen LogP contribution in [0.2, 0.25) is 5.02 Å². The lowest BCUT2D eigenvalue weighted by atomic mass is 9.96. The van der Waals surface area contributed by atoms with Crippen LogP contribution in [-0.4, -0.2) is 21.7 Å². The third-order valence-corrected chi connectivity index (χ3v) is 7.39. The zero-order valence-corrected chi connectivity index (χ0v) is 21.1. The lowest BCUT2D eigenvalue weighted by Gasteiger charge is -2.25. The van der Waals surface area contributed by atoms with Crippen molar-refractivity contribution in [3.05, 3.63) is 102 Å². The van der Waals surface area contributed by atoms with E-state index < -0.39 is 12.0 Å². The second kappa shape index (κ2) is 9.61. The van der Waals surface area contributed by atoms with E-state index in [4.69, 9.17) is 16.3 Å². The van der Waals surface area contributed by atoms with Gasteiger partial charge in [-0.2, -0.15) is 5.26 Å². The molecule has 0 radical (unpaired) electrons. The quantitative estimate of drug-likeness (QED) is 0.376. The van der Waals surface area contributed by atoms with Gasteiger partial charge < -0.3 is 9.30 Å². The summed E-state index contributed by atoms with van der Waals surface area (Å²) in [6.07, 6.45) is 3.68. The van der Waals surface area contributed by atoms with E-state index in [1.165, 1.54) is 15.9 Å². The first-order valence-corrected chi connectivity index (χ1v) is 12.5. The van der Waals surface area contributed by atoms with Gasteiger partial charge in [-0.25, -0.2) is 9.79 Å². The Morgan fingerprint density at radius 3 is 2.75 bits per heavy atom. The lowest BCUT2D eigenvalue weighted by Crippen LogP contribution is -2.40. The number of benzene rings is 2. The van der Waals surface area contributed by atoms with Crippen molar-refractivity contribution in [3.8, 4) is 6.07 Å². The van der Waals surface area contributed by atoms with Gasteiger partial charge in [0, 0.05) is 27.7 Å². The number of esters is 1. The highest BCUT2D eigenvalue weighted by atomic mass is 35.5. The van der Waals surface area contributed by atoms with Crippen molar-refractivity contribution in [1.29, 1.82) is 5.26 Å². The first kappa shape index (κ1) is 23.8. The Morgan fingerprint density at radius 1 is 1.25 bits per heavy atom. The van der Waals surface area contributed by atoms with Crippen LogP contribution < -0.4 is 14.9 Å². The van der Waals surface area contributed by atoms with Crippen LogP contribution in [-0.2, 0) is 16.1 Å². The maximum atomic E-state index is 13.8. The number of ether oxygens (including phenoxy) is 1. The fraction of sp³-hybridized carbons (Fsp3) is 0.185. The number of aromatic nitrogens is 2. The number of hydrogen-bond donors (Lipinski definition) is 0. The molecule has 1 aliphatic rings. The Morgan fingerprint density at radius 2 is 2.00 bits per heavy atom. The van der Waals surface area contributed by atoms with Gasteiger partial charge in [0.25, 0.3) is 5.56 Å². The van der Waals surface area contributed by atoms with Crippen LogP contribution in [0, 0.1) is 11.3 Å². The molecule has 36 heavy (non-hydrogen) atoms. The van der Waals surface area contributed by atoms with Crippen molar-refractivity contribution in [1.82, 2.24) is 9.13 Å². The minimum atomic E-state index is -0.768. The maximum Gasteiger partial charge on any atom is 0.338 e. The third-order valence-electron chi connectivity index (χ3n) is 6.06. The van der Waals surface area contributed by atoms with Crippen LogP contribution in [0.4, 0.5) is 0 Å². The molecule has 9 heteroatoms. The molecule has 0 fully saturated rings. The smallest absolute Gasteiger partial charge is 0.338 e. The fourth-order valence-corrected chi connectivity index (χ4v) is 5.80. The summed E-state index contributed by atoms with van der Waals surface area (Å²) in [6, 6.07) is 16.3. The van der Waals surface area contributed by atoms with Gasteiger partial charge in [-0.05, 0) is 37.6 Å². The van der Waals surface area contributed by atoms with Crippen molar-refractivity contribution in [3.63, 3.8) is 0 Å². The monoisotopic (exact) mass is 516 g/mol. The van der Waals surface area contributed by atoms with Crippen molar-refractivity contribution < 1.29 is 9.53 Å². The Balaban J connectivity index is 1.76. The molecule has 180 valence electrons. The summed E-state index contributed by atoms with van der Waals surface area (Å²) < 4.78 is 9.16. The van der Waals surface area contributed by atoms with Gasteiger partial charge in [-0.3, -0.25) is 9.36 Å². The Labute approximate surface area is 215 Å². The molecule has 0 aliphatic carbocycles. The van der Waals surface area contributed by atoms with E-state index in [0.29, 0.717) is 25.6 Å². The zero-order chi connectivity index (χ0) is 25.4. The van der Waals surface area contributed by atoms with Gasteiger partial charge >= 0.3 is 5.97 Å². The maximum absolute atomic E-state index is 13.8. The second-order valence-corrected chi connectivity index (χ2v) is 9.63. The number of carbonyl (C=O) groups excluding carboxylic acids is 1. The van der Waals surface area contributed by atoms with Crippen LogP contribution in [0.15, 0.2) is 75.8 Å². The van der Waals surface area contributed by atoms with Crippen LogP contribution in [0.25, 0.3) is 17.0 Å². The molecule has 1 atom stereocenters. The molecular formula is C27H21ClN4O3S. The van der Waals surface area contributed by atoms with E-state index >= 15 is 0 Å². The Bertz CT molecular complexity index is 1770. The molecule has 7 nitrogen and oxygen atoms in total. The van der Waals surface area contributed by atoms with Crippen LogP contribution in [0.3, 0.4) is 0 Å². The molecule has 4 aromatic rings. The average Bonchev–Trinajstić information content (AvgIpc) is 3.36. The SMILES string of the molecule is CCOC(=O)C1=C(C)N=c2s/c(=C\c3cn(CC#N)c4ccccc34)c(=O)n2[C@H]1c1ccccc1Cl. The molecule has 2 aromatic heterocycles. The van der Waals surface area contributed by atoms with Gasteiger partial charge in [0.1, 0.15) is 12.6 Å². The van der Waals surface area contributed by atoms with Crippen molar-refractivity contribution in [2.45, 2.75) is 26.4 Å². The molecule has 2 aromatic carbocycles. The predicted octanol–water partition coefficient (Wildman–Crippen LogP) is 3.93. The molecule has 0 spiro atoms. The summed E-state index contributed by atoms with van der Waals surface area (Å²) in [7, 11) is 0. The third kappa shape index (κ3) is 3.96. The van der Waals surface area contributed by atoms with E-state index in [9.17, 15) is 14.9 Å². The number of hydrogen-bond acceptors (Lipinski definition) is 6. The molecule has 0 amide bonds. The molecule has 5 rings (SSSR count). The van der Waals surface area contributed by atoms with Gasteiger partial charge in [0.2, 0.25) is 0 Å². The average molecular weight is 517 g/mol. The highest BCUT2D eigenvalue weighted by Gasteiger charge is 2.34. The molecule has 0 N–H and O–H groups in total. The summed E-state index contributed by atoms with van der Waals surface area (Å²) in [5.41, 5.74) is 2.84. The molecular weight excluding hydrogens is 496 g/mol. The summed E-state index contributed by atoms with van der Waals surface area (Å²) in [5.74, 6) is -0.530. The normalized spacial score (nSPS) is 15.5. The topological polar surface area (TPSA) is 89.4 Å². The van der Waals surface area contributed by atoms with Crippen LogP contribution in [0.5, 0.6) is 0 Å². The summed E-state index contributed by atoms with van der Waals surface area (Å²) in [4.78, 5) is 31.9. The van der Waals surface area contributed by atoms with E-state index in [2.05, 4.69) is 11.1 Å². The van der Waals surface area contributed by atoms with E-state index in [-0.39, 0.29) is 24.3 Å². The van der Waals surface area contributed by atoms with Gasteiger partial charge in [0.15, 0.2) is 4.80 Å². The number of halogens is 1.